The van der Waals surface area contributed by atoms with Crippen LogP contribution in [0.5, 0.6) is 11.5 Å². The van der Waals surface area contributed by atoms with E-state index in [1.54, 1.807) is 11.0 Å². The topological polar surface area (TPSA) is 94.9 Å². The largest absolute Gasteiger partial charge is 0.457 e. The second-order valence-electron chi connectivity index (χ2n) is 9.38. The first-order chi connectivity index (χ1) is 19.6. The summed E-state index contributed by atoms with van der Waals surface area (Å²) in [4.78, 5) is 20.2. The van der Waals surface area contributed by atoms with Crippen molar-refractivity contribution in [2.45, 2.75) is 19.3 Å². The molecule has 0 bridgehead atoms. The highest BCUT2D eigenvalue weighted by atomic mass is 16.5. The van der Waals surface area contributed by atoms with Crippen molar-refractivity contribution in [1.29, 1.82) is 10.5 Å². The van der Waals surface area contributed by atoms with E-state index in [4.69, 9.17) is 15.0 Å². The summed E-state index contributed by atoms with van der Waals surface area (Å²) in [7, 11) is 1.97. The van der Waals surface area contributed by atoms with Gasteiger partial charge in [-0.05, 0) is 66.6 Å². The van der Waals surface area contributed by atoms with Crippen LogP contribution in [0.15, 0.2) is 97.1 Å². The quantitative estimate of drug-likeness (QED) is 0.217. The number of hydrogen-bond acceptors (Lipinski definition) is 5. The van der Waals surface area contributed by atoms with Crippen molar-refractivity contribution in [3.63, 3.8) is 0 Å². The van der Waals surface area contributed by atoms with E-state index >= 15 is 0 Å². The minimum atomic E-state index is -0.209. The molecule has 5 aromatic rings. The van der Waals surface area contributed by atoms with Gasteiger partial charge >= 0.3 is 0 Å². The Labute approximate surface area is 233 Å². The molecule has 0 atom stereocenters. The third-order valence-corrected chi connectivity index (χ3v) is 6.74. The van der Waals surface area contributed by atoms with Gasteiger partial charge < -0.3 is 14.2 Å². The minimum Gasteiger partial charge on any atom is -0.457 e. The molecule has 0 fully saturated rings. The maximum atomic E-state index is 13.7. The molecule has 0 aliphatic carbocycles. The van der Waals surface area contributed by atoms with Crippen molar-refractivity contribution in [1.82, 2.24) is 9.55 Å². The number of benzene rings is 4. The Hall–Kier alpha value is -5.40. The lowest BCUT2D eigenvalue weighted by Gasteiger charge is -2.22. The maximum absolute atomic E-state index is 13.7. The van der Waals surface area contributed by atoms with Crippen molar-refractivity contribution >= 4 is 22.6 Å². The molecule has 0 radical (unpaired) electrons. The molecule has 0 unspecified atom stereocenters. The molecule has 0 saturated carbocycles. The average molecular weight is 526 g/mol. The van der Waals surface area contributed by atoms with Crippen LogP contribution in [0.4, 0.5) is 5.69 Å². The first-order valence-corrected chi connectivity index (χ1v) is 13.0. The number of hydrogen-bond donors (Lipinski definition) is 0. The summed E-state index contributed by atoms with van der Waals surface area (Å²) >= 11 is 0. The molecular weight excluding hydrogens is 498 g/mol. The minimum absolute atomic E-state index is 0.195. The fourth-order valence-corrected chi connectivity index (χ4v) is 4.61. The Morgan fingerprint density at radius 3 is 2.42 bits per heavy atom. The Morgan fingerprint density at radius 2 is 1.68 bits per heavy atom. The second-order valence-corrected chi connectivity index (χ2v) is 9.38. The van der Waals surface area contributed by atoms with E-state index in [1.807, 2.05) is 103 Å². The summed E-state index contributed by atoms with van der Waals surface area (Å²) < 4.78 is 8.02. The monoisotopic (exact) mass is 525 g/mol. The highest BCUT2D eigenvalue weighted by Crippen LogP contribution is 2.28. The lowest BCUT2D eigenvalue weighted by molar-refractivity contribution is 0.0987. The summed E-state index contributed by atoms with van der Waals surface area (Å²) in [5, 5.41) is 18.3. The summed E-state index contributed by atoms with van der Waals surface area (Å²) in [6, 6.07) is 34.2. The van der Waals surface area contributed by atoms with Crippen LogP contribution in [0, 0.1) is 22.7 Å². The van der Waals surface area contributed by atoms with Crippen LogP contribution >= 0.6 is 0 Å². The number of carbonyl (C=O) groups excluding carboxylic acids is 1. The van der Waals surface area contributed by atoms with Gasteiger partial charge in [-0.25, -0.2) is 4.98 Å². The fourth-order valence-electron chi connectivity index (χ4n) is 4.61. The van der Waals surface area contributed by atoms with Gasteiger partial charge in [0.1, 0.15) is 17.3 Å². The molecule has 0 aliphatic rings. The lowest BCUT2D eigenvalue weighted by Crippen LogP contribution is -2.31. The van der Waals surface area contributed by atoms with E-state index in [0.29, 0.717) is 28.3 Å². The van der Waals surface area contributed by atoms with E-state index in [-0.39, 0.29) is 18.9 Å². The highest BCUT2D eigenvalue weighted by molar-refractivity contribution is 6.07. The van der Waals surface area contributed by atoms with Crippen LogP contribution in [-0.4, -0.2) is 22.0 Å². The molecule has 40 heavy (non-hydrogen) atoms. The standard InChI is InChI=1S/C33H27N5O2/c1-37-31-17-16-26(21-30(31)36-32(37)18-15-24-11-13-25(23-35)14-12-24)33(39)38(20-6-19-34)27-7-5-10-29(22-27)40-28-8-3-2-4-9-28/h2-5,7-14,16-17,21-22H,6,15,18,20H2,1H3. The summed E-state index contributed by atoms with van der Waals surface area (Å²) in [6.07, 6.45) is 1.71. The number of imidazole rings is 1. The van der Waals surface area contributed by atoms with Gasteiger partial charge in [-0.2, -0.15) is 10.5 Å². The molecule has 0 aliphatic heterocycles. The molecule has 0 saturated heterocycles. The van der Waals surface area contributed by atoms with Crippen LogP contribution in [0.3, 0.4) is 0 Å². The van der Waals surface area contributed by atoms with Crippen molar-refractivity contribution < 1.29 is 9.53 Å². The van der Waals surface area contributed by atoms with E-state index in [1.165, 1.54) is 0 Å². The van der Waals surface area contributed by atoms with E-state index < -0.39 is 0 Å². The van der Waals surface area contributed by atoms with Crippen molar-refractivity contribution in [2.75, 3.05) is 11.4 Å². The smallest absolute Gasteiger partial charge is 0.258 e. The van der Waals surface area contributed by atoms with Gasteiger partial charge in [0.2, 0.25) is 0 Å². The zero-order valence-electron chi connectivity index (χ0n) is 22.1. The Morgan fingerprint density at radius 1 is 0.900 bits per heavy atom. The Balaban J connectivity index is 1.38. The SMILES string of the molecule is Cn1c(CCc2ccc(C#N)cc2)nc2cc(C(=O)N(CCC#N)c3cccc(Oc4ccccc4)c3)ccc21. The van der Waals surface area contributed by atoms with Gasteiger partial charge in [0.15, 0.2) is 0 Å². The maximum Gasteiger partial charge on any atom is 0.258 e. The predicted octanol–water partition coefficient (Wildman–Crippen LogP) is 6.58. The first kappa shape index (κ1) is 26.2. The number of amides is 1. The highest BCUT2D eigenvalue weighted by Gasteiger charge is 2.20. The number of nitrogens with zero attached hydrogens (tertiary/aromatic N) is 5. The van der Waals surface area contributed by atoms with E-state index in [0.717, 1.165) is 35.3 Å². The Bertz CT molecular complexity index is 1730. The van der Waals surface area contributed by atoms with Gasteiger partial charge in [0.05, 0.1) is 35.2 Å². The number of fused-ring (bicyclic) bond motifs is 1. The predicted molar refractivity (Wildman–Crippen MR) is 154 cm³/mol. The van der Waals surface area contributed by atoms with Gasteiger partial charge in [-0.1, -0.05) is 36.4 Å². The molecule has 4 aromatic carbocycles. The number of rotatable bonds is 9. The molecule has 5 rings (SSSR count). The Kier molecular flexibility index (Phi) is 7.85. The van der Waals surface area contributed by atoms with Gasteiger partial charge in [-0.3, -0.25) is 4.79 Å². The molecule has 7 heteroatoms. The van der Waals surface area contributed by atoms with Gasteiger partial charge in [0, 0.05) is 37.3 Å². The molecule has 1 aromatic heterocycles. The molecule has 0 spiro atoms. The van der Waals surface area contributed by atoms with Crippen LogP contribution in [0.25, 0.3) is 11.0 Å². The molecule has 1 amide bonds. The average Bonchev–Trinajstić information content (AvgIpc) is 3.31. The van der Waals surface area contributed by atoms with Crippen LogP contribution in [-0.2, 0) is 19.9 Å². The molecule has 7 nitrogen and oxygen atoms in total. The van der Waals surface area contributed by atoms with Crippen molar-refractivity contribution in [2.24, 2.45) is 7.05 Å². The zero-order chi connectivity index (χ0) is 27.9. The summed E-state index contributed by atoms with van der Waals surface area (Å²) in [5.41, 5.74) is 4.60. The number of carbonyl (C=O) groups is 1. The number of ether oxygens (including phenoxy) is 1. The number of aromatic nitrogens is 2. The van der Waals surface area contributed by atoms with E-state index in [9.17, 15) is 10.1 Å². The summed E-state index contributed by atoms with van der Waals surface area (Å²) in [5.74, 6) is 2.01. The van der Waals surface area contributed by atoms with Crippen molar-refractivity contribution in [3.8, 4) is 23.6 Å². The van der Waals surface area contributed by atoms with E-state index in [2.05, 4.69) is 12.1 Å². The normalized spacial score (nSPS) is 10.6. The number of para-hydroxylation sites is 1. The van der Waals surface area contributed by atoms with Crippen LogP contribution < -0.4 is 9.64 Å². The second kappa shape index (κ2) is 12.0. The van der Waals surface area contributed by atoms with Gasteiger partial charge in [0.25, 0.3) is 5.91 Å². The first-order valence-electron chi connectivity index (χ1n) is 13.0. The molecule has 1 heterocycles. The van der Waals surface area contributed by atoms with Crippen LogP contribution in [0.1, 0.15) is 33.7 Å². The van der Waals surface area contributed by atoms with Gasteiger partial charge in [-0.15, -0.1) is 0 Å². The zero-order valence-corrected chi connectivity index (χ0v) is 22.1. The number of aryl methyl sites for hydroxylation is 3. The molecule has 0 N–H and O–H groups in total. The van der Waals surface area contributed by atoms with Crippen molar-refractivity contribution in [3.05, 3.63) is 120 Å². The third kappa shape index (κ3) is 5.85. The van der Waals surface area contributed by atoms with Crippen LogP contribution in [0.2, 0.25) is 0 Å². The summed E-state index contributed by atoms with van der Waals surface area (Å²) in [6.45, 7) is 0.250. The molecular formula is C33H27N5O2. The molecule has 196 valence electrons. The number of anilines is 1. The lowest BCUT2D eigenvalue weighted by atomic mass is 10.1. The third-order valence-electron chi connectivity index (χ3n) is 6.74. The number of nitriles is 2. The fraction of sp³-hybridized carbons (Fsp3) is 0.152.